The van der Waals surface area contributed by atoms with Gasteiger partial charge in [-0.05, 0) is 45.9 Å². The average Bonchev–Trinajstić information content (AvgIpc) is 2.51. The molecule has 0 atom stereocenters. The fraction of sp³-hybridized carbons (Fsp3) is 0.250. The number of amides is 1. The lowest BCUT2D eigenvalue weighted by Gasteiger charge is -2.18. The SMILES string of the molecule is CSc1ccc(CN(C)C(=O)Cn2cc(Br)ccc2=O)cc1. The van der Waals surface area contributed by atoms with E-state index in [0.717, 1.165) is 10.0 Å². The number of pyridine rings is 1. The van der Waals surface area contributed by atoms with Gasteiger partial charge in [0, 0.05) is 35.2 Å². The summed E-state index contributed by atoms with van der Waals surface area (Å²) in [6, 6.07) is 11.2. The maximum absolute atomic E-state index is 12.3. The summed E-state index contributed by atoms with van der Waals surface area (Å²) in [6.07, 6.45) is 3.65. The van der Waals surface area contributed by atoms with Crippen molar-refractivity contribution in [2.45, 2.75) is 18.0 Å². The summed E-state index contributed by atoms with van der Waals surface area (Å²) in [4.78, 5) is 26.8. The lowest BCUT2D eigenvalue weighted by molar-refractivity contribution is -0.131. The topological polar surface area (TPSA) is 42.3 Å². The molecule has 0 fully saturated rings. The van der Waals surface area contributed by atoms with Crippen LogP contribution in [0.25, 0.3) is 0 Å². The lowest BCUT2D eigenvalue weighted by Crippen LogP contribution is -2.33. The minimum atomic E-state index is -0.186. The van der Waals surface area contributed by atoms with E-state index in [1.165, 1.54) is 15.5 Å². The van der Waals surface area contributed by atoms with E-state index in [9.17, 15) is 9.59 Å². The van der Waals surface area contributed by atoms with Crippen LogP contribution in [0.3, 0.4) is 0 Å². The van der Waals surface area contributed by atoms with Crippen LogP contribution in [0.15, 0.2) is 56.8 Å². The van der Waals surface area contributed by atoms with Crippen molar-refractivity contribution in [2.24, 2.45) is 0 Å². The number of hydrogen-bond donors (Lipinski definition) is 0. The normalized spacial score (nSPS) is 10.5. The molecule has 4 nitrogen and oxygen atoms in total. The van der Waals surface area contributed by atoms with Gasteiger partial charge in [0.05, 0.1) is 0 Å². The van der Waals surface area contributed by atoms with Crippen LogP contribution >= 0.6 is 27.7 Å². The van der Waals surface area contributed by atoms with Crippen molar-refractivity contribution in [2.75, 3.05) is 13.3 Å². The van der Waals surface area contributed by atoms with Gasteiger partial charge in [0.2, 0.25) is 5.91 Å². The minimum Gasteiger partial charge on any atom is -0.340 e. The van der Waals surface area contributed by atoms with E-state index in [0.29, 0.717) is 6.54 Å². The van der Waals surface area contributed by atoms with Gasteiger partial charge in [0.25, 0.3) is 5.56 Å². The van der Waals surface area contributed by atoms with Crippen molar-refractivity contribution < 1.29 is 4.79 Å². The van der Waals surface area contributed by atoms with E-state index in [-0.39, 0.29) is 18.0 Å². The second-order valence-corrected chi connectivity index (χ2v) is 6.71. The second kappa shape index (κ2) is 7.65. The molecule has 0 unspecified atom stereocenters. The van der Waals surface area contributed by atoms with E-state index in [2.05, 4.69) is 15.9 Å². The van der Waals surface area contributed by atoms with E-state index < -0.39 is 0 Å². The highest BCUT2D eigenvalue weighted by atomic mass is 79.9. The number of nitrogens with zero attached hydrogens (tertiary/aromatic N) is 2. The van der Waals surface area contributed by atoms with Crippen molar-refractivity contribution in [1.82, 2.24) is 9.47 Å². The Balaban J connectivity index is 2.02. The van der Waals surface area contributed by atoms with Gasteiger partial charge in [-0.3, -0.25) is 9.59 Å². The van der Waals surface area contributed by atoms with Gasteiger partial charge in [0.1, 0.15) is 6.54 Å². The smallest absolute Gasteiger partial charge is 0.251 e. The van der Waals surface area contributed by atoms with E-state index in [1.54, 1.807) is 36.0 Å². The molecule has 0 spiro atoms. The number of aromatic nitrogens is 1. The standard InChI is InChI=1S/C16H17BrN2O2S/c1-18(9-12-3-6-14(22-2)7-4-12)16(21)11-19-10-13(17)5-8-15(19)20/h3-8,10H,9,11H2,1-2H3. The van der Waals surface area contributed by atoms with Gasteiger partial charge in [-0.15, -0.1) is 11.8 Å². The fourth-order valence-corrected chi connectivity index (χ4v) is 2.77. The second-order valence-electron chi connectivity index (χ2n) is 4.91. The molecule has 0 saturated carbocycles. The first kappa shape index (κ1) is 16.8. The number of rotatable bonds is 5. The number of likely N-dealkylation sites (N-methyl/N-ethyl adjacent to an activating group) is 1. The van der Waals surface area contributed by atoms with Crippen LogP contribution in [0, 0.1) is 0 Å². The molecule has 116 valence electrons. The molecule has 0 radical (unpaired) electrons. The lowest BCUT2D eigenvalue weighted by atomic mass is 10.2. The van der Waals surface area contributed by atoms with Crippen molar-refractivity contribution in [3.63, 3.8) is 0 Å². The average molecular weight is 381 g/mol. The predicted octanol–water partition coefficient (Wildman–Crippen LogP) is 2.99. The van der Waals surface area contributed by atoms with Gasteiger partial charge in [-0.25, -0.2) is 0 Å². The third kappa shape index (κ3) is 4.48. The fourth-order valence-electron chi connectivity index (χ4n) is 1.99. The van der Waals surface area contributed by atoms with Gasteiger partial charge in [-0.2, -0.15) is 0 Å². The Hall–Kier alpha value is -1.53. The summed E-state index contributed by atoms with van der Waals surface area (Å²) in [5.41, 5.74) is 0.879. The zero-order valence-electron chi connectivity index (χ0n) is 12.5. The third-order valence-corrected chi connectivity index (χ3v) is 4.47. The van der Waals surface area contributed by atoms with E-state index in [4.69, 9.17) is 0 Å². The van der Waals surface area contributed by atoms with Crippen molar-refractivity contribution >= 4 is 33.6 Å². The molecule has 2 aromatic rings. The molecule has 0 bridgehead atoms. The summed E-state index contributed by atoms with van der Waals surface area (Å²) in [5, 5.41) is 0. The zero-order chi connectivity index (χ0) is 16.1. The Kier molecular flexibility index (Phi) is 5.85. The molecule has 6 heteroatoms. The highest BCUT2D eigenvalue weighted by Crippen LogP contribution is 2.15. The quantitative estimate of drug-likeness (QED) is 0.748. The molecular formula is C16H17BrN2O2S. The van der Waals surface area contributed by atoms with Crippen LogP contribution < -0.4 is 5.56 Å². The molecule has 0 aliphatic carbocycles. The van der Waals surface area contributed by atoms with Gasteiger partial charge in [-0.1, -0.05) is 12.1 Å². The number of thioether (sulfide) groups is 1. The maximum Gasteiger partial charge on any atom is 0.251 e. The molecule has 0 aliphatic rings. The van der Waals surface area contributed by atoms with Crippen LogP contribution in [0.4, 0.5) is 0 Å². The Bertz CT molecular complexity index is 713. The van der Waals surface area contributed by atoms with Crippen molar-refractivity contribution in [3.05, 3.63) is 63.0 Å². The first-order valence-corrected chi connectivity index (χ1v) is 8.74. The van der Waals surface area contributed by atoms with Crippen LogP contribution in [0.5, 0.6) is 0 Å². The van der Waals surface area contributed by atoms with Gasteiger partial charge < -0.3 is 9.47 Å². The Morgan fingerprint density at radius 2 is 1.91 bits per heavy atom. The number of carbonyl (C=O) groups excluding carboxylic acids is 1. The number of carbonyl (C=O) groups is 1. The monoisotopic (exact) mass is 380 g/mol. The predicted molar refractivity (Wildman–Crippen MR) is 93.1 cm³/mol. The highest BCUT2D eigenvalue weighted by Gasteiger charge is 2.11. The minimum absolute atomic E-state index is 0.0394. The summed E-state index contributed by atoms with van der Waals surface area (Å²) < 4.78 is 2.18. The Labute approximate surface area is 142 Å². The largest absolute Gasteiger partial charge is 0.340 e. The molecule has 2 rings (SSSR count). The highest BCUT2D eigenvalue weighted by molar-refractivity contribution is 9.10. The van der Waals surface area contributed by atoms with Crippen LogP contribution in [0.1, 0.15) is 5.56 Å². The molecule has 1 heterocycles. The Morgan fingerprint density at radius 3 is 2.55 bits per heavy atom. The molecule has 0 N–H and O–H groups in total. The molecule has 1 aromatic carbocycles. The number of halogens is 1. The molecular weight excluding hydrogens is 364 g/mol. The summed E-state index contributed by atoms with van der Waals surface area (Å²) in [7, 11) is 1.74. The van der Waals surface area contributed by atoms with E-state index in [1.807, 2.05) is 30.5 Å². The molecule has 1 amide bonds. The van der Waals surface area contributed by atoms with Crippen LogP contribution in [-0.2, 0) is 17.9 Å². The first-order valence-electron chi connectivity index (χ1n) is 6.72. The van der Waals surface area contributed by atoms with Gasteiger partial charge in [0.15, 0.2) is 0 Å². The molecule has 22 heavy (non-hydrogen) atoms. The van der Waals surface area contributed by atoms with E-state index >= 15 is 0 Å². The number of benzene rings is 1. The third-order valence-electron chi connectivity index (χ3n) is 3.26. The summed E-state index contributed by atoms with van der Waals surface area (Å²) >= 11 is 4.99. The zero-order valence-corrected chi connectivity index (χ0v) is 14.9. The summed E-state index contributed by atoms with van der Waals surface area (Å²) in [5.74, 6) is -0.103. The summed E-state index contributed by atoms with van der Waals surface area (Å²) in [6.45, 7) is 0.563. The van der Waals surface area contributed by atoms with Crippen molar-refractivity contribution in [1.29, 1.82) is 0 Å². The molecule has 1 aromatic heterocycles. The number of hydrogen-bond acceptors (Lipinski definition) is 3. The molecule has 0 saturated heterocycles. The Morgan fingerprint density at radius 1 is 1.23 bits per heavy atom. The van der Waals surface area contributed by atoms with Gasteiger partial charge >= 0.3 is 0 Å². The molecule has 0 aliphatic heterocycles. The van der Waals surface area contributed by atoms with Crippen LogP contribution in [-0.4, -0.2) is 28.7 Å². The van der Waals surface area contributed by atoms with Crippen LogP contribution in [0.2, 0.25) is 0 Å². The first-order chi connectivity index (χ1) is 10.5. The maximum atomic E-state index is 12.3. The van der Waals surface area contributed by atoms with Crippen molar-refractivity contribution in [3.8, 4) is 0 Å².